The summed E-state index contributed by atoms with van der Waals surface area (Å²) in [5, 5.41) is 0. The van der Waals surface area contributed by atoms with Gasteiger partial charge in [0.25, 0.3) is 0 Å². The Morgan fingerprint density at radius 2 is 1.17 bits per heavy atom. The van der Waals surface area contributed by atoms with Crippen LogP contribution in [0, 0.1) is 10.2 Å². The quantitative estimate of drug-likeness (QED) is 0.363. The van der Waals surface area contributed by atoms with Crippen LogP contribution in [0.3, 0.4) is 0 Å². The molecule has 6 heteroatoms. The number of hydrogen-bond donors (Lipinski definition) is 1. The van der Waals surface area contributed by atoms with Crippen molar-refractivity contribution in [1.29, 1.82) is 0 Å². The third-order valence-corrected chi connectivity index (χ3v) is 0. The summed E-state index contributed by atoms with van der Waals surface area (Å²) < 4.78 is 32.7. The fourth-order valence-electron chi connectivity index (χ4n) is 0. The first kappa shape index (κ1) is 9.80. The number of halogens is 1. The molecule has 0 aromatic rings. The first-order valence-corrected chi connectivity index (χ1v) is 1.90. The Hall–Kier alpha value is 0.624. The van der Waals surface area contributed by atoms with E-state index >= 15 is 0 Å². The Bertz CT molecular complexity index is 23.0. The Labute approximate surface area is 46.1 Å². The molecule has 0 aliphatic carbocycles. The summed E-state index contributed by atoms with van der Waals surface area (Å²) in [5.41, 5.74) is 0. The fourth-order valence-corrected chi connectivity index (χ4v) is 0. The van der Waals surface area contributed by atoms with E-state index in [1.165, 1.54) is 0 Å². The molecule has 0 spiro atoms. The molecular formula is HClNiO4+2. The molecule has 0 radical (unpaired) electrons. The molecule has 0 amide bonds. The SMILES string of the molecule is [Ni+2].[O-][Cl+3]([O-])([O-])O. The zero-order chi connectivity index (χ0) is 4.50. The minimum atomic E-state index is -4.69. The van der Waals surface area contributed by atoms with Crippen molar-refractivity contribution >= 4 is 0 Å². The molecule has 0 heterocycles. The van der Waals surface area contributed by atoms with Crippen LogP contribution in [0.2, 0.25) is 0 Å². The van der Waals surface area contributed by atoms with E-state index in [4.69, 9.17) is 18.6 Å². The van der Waals surface area contributed by atoms with Gasteiger partial charge in [0.05, 0.1) is 14.9 Å². The van der Waals surface area contributed by atoms with E-state index in [0.29, 0.717) is 0 Å². The molecule has 0 saturated heterocycles. The molecule has 0 aromatic heterocycles. The maximum atomic E-state index is 8.60. The van der Waals surface area contributed by atoms with Crippen LogP contribution in [-0.2, 0) is 16.5 Å². The van der Waals surface area contributed by atoms with Gasteiger partial charge in [-0.2, -0.15) is 14.0 Å². The second-order valence-corrected chi connectivity index (χ2v) is 1.19. The summed E-state index contributed by atoms with van der Waals surface area (Å²) in [6, 6.07) is 0. The Morgan fingerprint density at radius 3 is 1.17 bits per heavy atom. The summed E-state index contributed by atoms with van der Waals surface area (Å²) >= 11 is 0. The minimum absolute atomic E-state index is 0. The van der Waals surface area contributed by atoms with Gasteiger partial charge in [-0.1, -0.05) is 0 Å². The first-order chi connectivity index (χ1) is 2.00. The zero-order valence-electron chi connectivity index (χ0n) is 2.37. The van der Waals surface area contributed by atoms with Crippen molar-refractivity contribution in [1.82, 2.24) is 0 Å². The van der Waals surface area contributed by atoms with Crippen molar-refractivity contribution in [2.75, 3.05) is 0 Å². The molecule has 0 unspecified atom stereocenters. The molecule has 40 valence electrons. The van der Waals surface area contributed by atoms with Crippen LogP contribution >= 0.6 is 0 Å². The topological polar surface area (TPSA) is 89.4 Å². The van der Waals surface area contributed by atoms with Gasteiger partial charge in [0.2, 0.25) is 0 Å². The Kier molecular flexibility index (Phi) is 4.47. The average Bonchev–Trinajstić information content (AvgIpc) is 0.722. The summed E-state index contributed by atoms with van der Waals surface area (Å²) in [4.78, 5) is 0. The van der Waals surface area contributed by atoms with Gasteiger partial charge >= 0.3 is 16.5 Å². The largest absolute Gasteiger partial charge is 2.00 e. The Morgan fingerprint density at radius 1 is 1.17 bits per heavy atom. The van der Waals surface area contributed by atoms with Crippen molar-refractivity contribution in [3.05, 3.63) is 0 Å². The van der Waals surface area contributed by atoms with Crippen LogP contribution in [-0.4, -0.2) is 4.66 Å². The third kappa shape index (κ3) is 156. The zero-order valence-corrected chi connectivity index (χ0v) is 4.11. The smallest absolute Gasteiger partial charge is 0.183 e. The standard InChI is InChI=1S/ClHO4.Ni/c2-1(3,4)5;/h(H,2,3,4,5);/q;+2. The molecule has 0 aromatic carbocycles. The van der Waals surface area contributed by atoms with E-state index in [1.54, 1.807) is 0 Å². The predicted octanol–water partition coefficient (Wildman–Crippen LogP) is -4.13. The number of hydrogen-bond acceptors (Lipinski definition) is 4. The van der Waals surface area contributed by atoms with Crippen molar-refractivity contribution in [3.63, 3.8) is 0 Å². The second-order valence-electron chi connectivity index (χ2n) is 0.396. The summed E-state index contributed by atoms with van der Waals surface area (Å²) in [5.74, 6) is 0. The van der Waals surface area contributed by atoms with Gasteiger partial charge in [0.1, 0.15) is 0 Å². The van der Waals surface area contributed by atoms with E-state index < -0.39 is 10.2 Å². The fraction of sp³-hybridized carbons (Fsp3) is 0. The van der Waals surface area contributed by atoms with Crippen molar-refractivity contribution in [2.45, 2.75) is 0 Å². The first-order valence-electron chi connectivity index (χ1n) is 0.632. The monoisotopic (exact) mass is 158 g/mol. The molecule has 0 atom stereocenters. The van der Waals surface area contributed by atoms with Crippen molar-refractivity contribution < 1.29 is 45.4 Å². The molecule has 0 aliphatic rings. The number of rotatable bonds is 0. The van der Waals surface area contributed by atoms with Crippen LogP contribution in [0.25, 0.3) is 0 Å². The predicted molar refractivity (Wildman–Crippen MR) is 2.22 cm³/mol. The van der Waals surface area contributed by atoms with E-state index in [2.05, 4.69) is 0 Å². The summed E-state index contributed by atoms with van der Waals surface area (Å²) in [6.45, 7) is 0. The van der Waals surface area contributed by atoms with Gasteiger partial charge in [0.15, 0.2) is 0 Å². The molecule has 0 rings (SSSR count). The van der Waals surface area contributed by atoms with E-state index in [0.717, 1.165) is 0 Å². The normalized spacial score (nSPS) is 10.0. The molecule has 0 fully saturated rings. The third-order valence-electron chi connectivity index (χ3n) is 0. The van der Waals surface area contributed by atoms with Gasteiger partial charge in [-0.25, -0.2) is 0 Å². The van der Waals surface area contributed by atoms with Gasteiger partial charge < -0.3 is 0 Å². The van der Waals surface area contributed by atoms with Crippen LogP contribution in [0.15, 0.2) is 0 Å². The van der Waals surface area contributed by atoms with Gasteiger partial charge in [-0.15, -0.1) is 0 Å². The second kappa shape index (κ2) is 2.74. The van der Waals surface area contributed by atoms with E-state index in [9.17, 15) is 0 Å². The maximum absolute atomic E-state index is 8.60. The van der Waals surface area contributed by atoms with E-state index in [1.807, 2.05) is 0 Å². The summed E-state index contributed by atoms with van der Waals surface area (Å²) in [7, 11) is -4.69. The average molecular weight is 159 g/mol. The van der Waals surface area contributed by atoms with E-state index in [-0.39, 0.29) is 16.5 Å². The van der Waals surface area contributed by atoms with Gasteiger partial charge in [-0.3, -0.25) is 0 Å². The van der Waals surface area contributed by atoms with Gasteiger partial charge in [0, 0.05) is 0 Å². The van der Waals surface area contributed by atoms with Crippen molar-refractivity contribution in [3.8, 4) is 0 Å². The molecule has 0 saturated carbocycles. The van der Waals surface area contributed by atoms with Crippen molar-refractivity contribution in [2.24, 2.45) is 0 Å². The maximum Gasteiger partial charge on any atom is 2.00 e. The van der Waals surface area contributed by atoms with Gasteiger partial charge in [-0.05, 0) is 0 Å². The van der Waals surface area contributed by atoms with Crippen LogP contribution < -0.4 is 14.0 Å². The molecule has 4 nitrogen and oxygen atoms in total. The van der Waals surface area contributed by atoms with Crippen LogP contribution in [0.4, 0.5) is 0 Å². The van der Waals surface area contributed by atoms with Crippen LogP contribution in [0.1, 0.15) is 0 Å². The molecule has 0 bridgehead atoms. The Balaban J connectivity index is 0. The minimum Gasteiger partial charge on any atom is -0.183 e. The molecular weight excluding hydrogens is 158 g/mol. The molecule has 6 heavy (non-hydrogen) atoms. The molecule has 0 aliphatic heterocycles. The van der Waals surface area contributed by atoms with Crippen LogP contribution in [0.5, 0.6) is 0 Å². The molecule has 1 N–H and O–H groups in total. The summed E-state index contributed by atoms with van der Waals surface area (Å²) in [6.07, 6.45) is 0.